The highest BCUT2D eigenvalue weighted by molar-refractivity contribution is 6.42. The zero-order chi connectivity index (χ0) is 28.6. The minimum absolute atomic E-state index is 0.196. The molecular formula is C30H16Cl6N2O2. The number of hydrogen-bond acceptors (Lipinski definition) is 2. The van der Waals surface area contributed by atoms with Crippen LogP contribution in [-0.2, 0) is 9.59 Å². The summed E-state index contributed by atoms with van der Waals surface area (Å²) in [6.45, 7) is 0. The number of carbonyl (C=O) groups is 2. The van der Waals surface area contributed by atoms with Crippen molar-refractivity contribution < 1.29 is 9.59 Å². The van der Waals surface area contributed by atoms with Gasteiger partial charge in [0.25, 0.3) is 11.8 Å². The summed E-state index contributed by atoms with van der Waals surface area (Å²) in [5.41, 5.74) is 5.19. The van der Waals surface area contributed by atoms with Crippen molar-refractivity contribution in [2.45, 2.75) is 0 Å². The second-order valence-electron chi connectivity index (χ2n) is 8.67. The van der Waals surface area contributed by atoms with E-state index in [4.69, 9.17) is 69.6 Å². The molecule has 4 aromatic rings. The number of nitrogens with one attached hydrogen (secondary N) is 2. The first-order valence-electron chi connectivity index (χ1n) is 11.7. The van der Waals surface area contributed by atoms with Crippen LogP contribution in [0.25, 0.3) is 23.3 Å². The number of carbonyl (C=O) groups excluding carboxylic acids is 2. The van der Waals surface area contributed by atoms with E-state index in [1.54, 1.807) is 84.9 Å². The maximum atomic E-state index is 12.1. The molecule has 0 spiro atoms. The number of rotatable bonds is 2. The van der Waals surface area contributed by atoms with Gasteiger partial charge in [-0.1, -0.05) is 81.7 Å². The maximum Gasteiger partial charge on any atom is 0.256 e. The molecule has 2 N–H and O–H groups in total. The van der Waals surface area contributed by atoms with E-state index in [-0.39, 0.29) is 11.8 Å². The van der Waals surface area contributed by atoms with E-state index in [1.165, 1.54) is 0 Å². The lowest BCUT2D eigenvalue weighted by atomic mass is 10.0. The van der Waals surface area contributed by atoms with Gasteiger partial charge in [0, 0.05) is 74.9 Å². The van der Waals surface area contributed by atoms with E-state index in [2.05, 4.69) is 10.6 Å². The summed E-state index contributed by atoms with van der Waals surface area (Å²) in [5.74, 6) is -0.392. The van der Waals surface area contributed by atoms with Gasteiger partial charge in [0.2, 0.25) is 0 Å². The van der Waals surface area contributed by atoms with Crippen LogP contribution < -0.4 is 10.6 Å². The van der Waals surface area contributed by atoms with Crippen LogP contribution >= 0.6 is 69.6 Å². The predicted molar refractivity (Wildman–Crippen MR) is 169 cm³/mol. The molecular weight excluding hydrogens is 633 g/mol. The quantitative estimate of drug-likeness (QED) is 0.213. The third-order valence-electron chi connectivity index (χ3n) is 6.11. The predicted octanol–water partition coefficient (Wildman–Crippen LogP) is 10.3. The summed E-state index contributed by atoms with van der Waals surface area (Å²) in [6.07, 6.45) is 3.37. The summed E-state index contributed by atoms with van der Waals surface area (Å²) in [4.78, 5) is 24.1. The van der Waals surface area contributed by atoms with Crippen molar-refractivity contribution in [2.24, 2.45) is 0 Å². The molecule has 0 saturated carbocycles. The molecule has 0 unspecified atom stereocenters. The van der Waals surface area contributed by atoms with Gasteiger partial charge in [0.15, 0.2) is 0 Å². The van der Waals surface area contributed by atoms with Crippen LogP contribution in [0.1, 0.15) is 22.3 Å². The van der Waals surface area contributed by atoms with Gasteiger partial charge in [0.1, 0.15) is 0 Å². The van der Waals surface area contributed by atoms with Gasteiger partial charge in [-0.15, -0.1) is 0 Å². The fourth-order valence-corrected chi connectivity index (χ4v) is 5.55. The van der Waals surface area contributed by atoms with E-state index in [0.717, 1.165) is 22.5 Å². The Labute approximate surface area is 260 Å². The number of hydrogen-bond donors (Lipinski definition) is 2. The number of fused-ring (bicyclic) bond motifs is 2. The van der Waals surface area contributed by atoms with Gasteiger partial charge < -0.3 is 10.6 Å². The Morgan fingerprint density at radius 3 is 1.20 bits per heavy atom. The molecule has 40 heavy (non-hydrogen) atoms. The third-order valence-corrected chi connectivity index (χ3v) is 7.89. The standard InChI is InChI=1S/2C15H8Cl3NO/c2*16-8-4-5-14-9(6-8)10(15(20)19-14)7-11-12(17)2-1-3-13(11)18/h2*1-7H,(H,19,20)/b2*10-7+. The molecule has 2 aliphatic rings. The van der Waals surface area contributed by atoms with E-state index < -0.39 is 0 Å². The van der Waals surface area contributed by atoms with Crippen LogP contribution in [0, 0.1) is 0 Å². The highest BCUT2D eigenvalue weighted by Gasteiger charge is 2.26. The normalized spacial score (nSPS) is 15.3. The second kappa shape index (κ2) is 11.9. The SMILES string of the molecule is O=C1Nc2ccc(Cl)cc2/C1=C\c1c(Cl)cccc1Cl.O=C1Nc2ccc(Cl)cc2/C1=C\c1c(Cl)cccc1Cl. The Balaban J connectivity index is 0.000000161. The Bertz CT molecular complexity index is 1590. The average Bonchev–Trinajstić information content (AvgIpc) is 3.38. The van der Waals surface area contributed by atoms with Gasteiger partial charge >= 0.3 is 0 Å². The van der Waals surface area contributed by atoms with Crippen molar-refractivity contribution in [1.82, 2.24) is 0 Å². The van der Waals surface area contributed by atoms with Gasteiger partial charge in [-0.05, 0) is 72.8 Å². The van der Waals surface area contributed by atoms with Crippen LogP contribution in [-0.4, -0.2) is 11.8 Å². The van der Waals surface area contributed by atoms with E-state index in [9.17, 15) is 9.59 Å². The van der Waals surface area contributed by atoms with Crippen LogP contribution in [0.3, 0.4) is 0 Å². The molecule has 4 aromatic carbocycles. The first-order chi connectivity index (χ1) is 19.1. The van der Waals surface area contributed by atoms with Crippen LogP contribution in [0.5, 0.6) is 0 Å². The molecule has 2 aliphatic heterocycles. The molecule has 0 saturated heterocycles. The lowest BCUT2D eigenvalue weighted by Crippen LogP contribution is -2.03. The first kappa shape index (κ1) is 28.6. The summed E-state index contributed by atoms with van der Waals surface area (Å²) in [6, 6.07) is 20.9. The number of anilines is 2. The summed E-state index contributed by atoms with van der Waals surface area (Å²) in [5, 5.41) is 8.67. The van der Waals surface area contributed by atoms with Gasteiger partial charge in [-0.3, -0.25) is 9.59 Å². The molecule has 2 heterocycles. The van der Waals surface area contributed by atoms with E-state index >= 15 is 0 Å². The van der Waals surface area contributed by atoms with Gasteiger partial charge in [-0.25, -0.2) is 0 Å². The smallest absolute Gasteiger partial charge is 0.256 e. The fourth-order valence-electron chi connectivity index (χ4n) is 4.19. The topological polar surface area (TPSA) is 58.2 Å². The van der Waals surface area contributed by atoms with E-state index in [1.807, 2.05) is 0 Å². The Morgan fingerprint density at radius 2 is 0.850 bits per heavy atom. The molecule has 200 valence electrons. The lowest BCUT2D eigenvalue weighted by molar-refractivity contribution is -0.111. The van der Waals surface area contributed by atoms with Crippen molar-refractivity contribution in [1.29, 1.82) is 0 Å². The van der Waals surface area contributed by atoms with Crippen molar-refractivity contribution in [3.8, 4) is 0 Å². The number of halogens is 6. The molecule has 0 bridgehead atoms. The molecule has 2 amide bonds. The Kier molecular flexibility index (Phi) is 8.48. The largest absolute Gasteiger partial charge is 0.321 e. The summed E-state index contributed by atoms with van der Waals surface area (Å²) < 4.78 is 0. The van der Waals surface area contributed by atoms with Crippen molar-refractivity contribution >= 4 is 116 Å². The highest BCUT2D eigenvalue weighted by Crippen LogP contribution is 2.38. The zero-order valence-corrected chi connectivity index (χ0v) is 24.7. The van der Waals surface area contributed by atoms with Gasteiger partial charge in [0.05, 0.1) is 0 Å². The van der Waals surface area contributed by atoms with E-state index in [0.29, 0.717) is 52.4 Å². The van der Waals surface area contributed by atoms with Crippen molar-refractivity contribution in [3.05, 3.63) is 125 Å². The highest BCUT2D eigenvalue weighted by atomic mass is 35.5. The molecule has 10 heteroatoms. The summed E-state index contributed by atoms with van der Waals surface area (Å²) in [7, 11) is 0. The average molecular weight is 649 g/mol. The lowest BCUT2D eigenvalue weighted by Gasteiger charge is -2.03. The minimum Gasteiger partial charge on any atom is -0.321 e. The maximum absolute atomic E-state index is 12.1. The van der Waals surface area contributed by atoms with Crippen LogP contribution in [0.15, 0.2) is 72.8 Å². The van der Waals surface area contributed by atoms with Crippen molar-refractivity contribution in [2.75, 3.05) is 10.6 Å². The van der Waals surface area contributed by atoms with Crippen LogP contribution in [0.2, 0.25) is 30.1 Å². The number of amides is 2. The van der Waals surface area contributed by atoms with Crippen molar-refractivity contribution in [3.63, 3.8) is 0 Å². The monoisotopic (exact) mass is 646 g/mol. The molecule has 0 aromatic heterocycles. The molecule has 0 aliphatic carbocycles. The molecule has 6 rings (SSSR count). The molecule has 0 atom stereocenters. The Hall–Kier alpha value is -2.96. The Morgan fingerprint density at radius 1 is 0.500 bits per heavy atom. The second-order valence-corrected chi connectivity index (χ2v) is 11.2. The van der Waals surface area contributed by atoms with Gasteiger partial charge in [-0.2, -0.15) is 0 Å². The summed E-state index contributed by atoms with van der Waals surface area (Å²) >= 11 is 36.5. The van der Waals surface area contributed by atoms with Crippen LogP contribution in [0.4, 0.5) is 11.4 Å². The molecule has 4 nitrogen and oxygen atoms in total. The zero-order valence-electron chi connectivity index (χ0n) is 20.2. The molecule has 0 fully saturated rings. The first-order valence-corrected chi connectivity index (χ1v) is 13.9. The third kappa shape index (κ3) is 5.89. The number of benzene rings is 4. The molecule has 0 radical (unpaired) electrons. The minimum atomic E-state index is -0.196. The fraction of sp³-hybridized carbons (Fsp3) is 0.